The van der Waals surface area contributed by atoms with Gasteiger partial charge in [0.1, 0.15) is 0 Å². The highest BCUT2D eigenvalue weighted by molar-refractivity contribution is 8.19. The van der Waals surface area contributed by atoms with Crippen molar-refractivity contribution in [1.29, 1.82) is 0 Å². The fourth-order valence-electron chi connectivity index (χ4n) is 3.28. The molecule has 0 aromatic heterocycles. The molecule has 0 rings (SSSR count). The van der Waals surface area contributed by atoms with Gasteiger partial charge < -0.3 is 8.85 Å². The third-order valence-electron chi connectivity index (χ3n) is 3.34. The molecular formula is C14H37O2PSi3. The van der Waals surface area contributed by atoms with E-state index in [0.717, 1.165) is 18.5 Å². The lowest BCUT2D eigenvalue weighted by molar-refractivity contribution is 0.210. The quantitative estimate of drug-likeness (QED) is 0.400. The van der Waals surface area contributed by atoms with Crippen LogP contribution in [0.1, 0.15) is 33.6 Å². The van der Waals surface area contributed by atoms with Crippen LogP contribution in [0, 0.1) is 0 Å². The lowest BCUT2D eigenvalue weighted by atomic mass is 10.4. The van der Waals surface area contributed by atoms with Crippen LogP contribution in [-0.2, 0) is 8.85 Å². The van der Waals surface area contributed by atoms with Gasteiger partial charge >= 0.3 is 9.28 Å². The van der Waals surface area contributed by atoms with Crippen molar-refractivity contribution in [2.24, 2.45) is 0 Å². The van der Waals surface area contributed by atoms with Crippen LogP contribution in [0.5, 0.6) is 0 Å². The molecular weight excluding hydrogens is 315 g/mol. The van der Waals surface area contributed by atoms with Gasteiger partial charge in [-0.3, -0.25) is 0 Å². The molecule has 0 aliphatic rings. The number of hydrogen-bond acceptors (Lipinski definition) is 2. The second-order valence-electron chi connectivity index (χ2n) is 7.35. The molecule has 0 heterocycles. The van der Waals surface area contributed by atoms with Gasteiger partial charge in [-0.2, -0.15) is 0 Å². The lowest BCUT2D eigenvalue weighted by Crippen LogP contribution is -2.46. The fraction of sp³-hybridized carbons (Fsp3) is 1.00. The highest BCUT2D eigenvalue weighted by Crippen LogP contribution is 2.60. The van der Waals surface area contributed by atoms with E-state index in [9.17, 15) is 0 Å². The molecule has 122 valence electrons. The zero-order chi connectivity index (χ0) is 16.0. The minimum absolute atomic E-state index is 0.115. The van der Waals surface area contributed by atoms with Crippen molar-refractivity contribution < 1.29 is 8.85 Å². The minimum atomic E-state index is -1.53. The summed E-state index contributed by atoms with van der Waals surface area (Å²) in [6, 6.07) is 0. The zero-order valence-corrected chi connectivity index (χ0v) is 19.3. The van der Waals surface area contributed by atoms with Crippen molar-refractivity contribution in [3.05, 3.63) is 0 Å². The van der Waals surface area contributed by atoms with Crippen LogP contribution in [0.2, 0.25) is 39.3 Å². The average Bonchev–Trinajstić information content (AvgIpc) is 2.24. The van der Waals surface area contributed by atoms with Gasteiger partial charge in [-0.05, 0) is 20.3 Å². The van der Waals surface area contributed by atoms with E-state index < -0.39 is 24.8 Å². The Morgan fingerprint density at radius 1 is 0.850 bits per heavy atom. The molecule has 0 aliphatic carbocycles. The predicted molar refractivity (Wildman–Crippen MR) is 103 cm³/mol. The zero-order valence-electron chi connectivity index (χ0n) is 15.2. The first-order valence-corrected chi connectivity index (χ1v) is 19.8. The molecule has 0 aromatic carbocycles. The molecule has 0 amide bonds. The number of rotatable bonds is 10. The molecule has 0 fully saturated rings. The third-order valence-corrected chi connectivity index (χ3v) is 35.6. The maximum absolute atomic E-state index is 6.15. The molecule has 0 saturated carbocycles. The Bertz CT molecular complexity index is 244. The first kappa shape index (κ1) is 21.0. The molecule has 0 radical (unpaired) electrons. The van der Waals surface area contributed by atoms with E-state index in [4.69, 9.17) is 8.85 Å². The summed E-state index contributed by atoms with van der Waals surface area (Å²) in [4.78, 5) is 0. The summed E-state index contributed by atoms with van der Waals surface area (Å²) in [5.41, 5.74) is 0. The Labute approximate surface area is 132 Å². The van der Waals surface area contributed by atoms with Crippen molar-refractivity contribution in [2.75, 3.05) is 13.2 Å². The first-order chi connectivity index (χ1) is 9.09. The first-order valence-electron chi connectivity index (χ1n) is 8.12. The van der Waals surface area contributed by atoms with Crippen LogP contribution in [0.3, 0.4) is 0 Å². The molecule has 0 aliphatic heterocycles. The Balaban J connectivity index is 5.44. The molecule has 0 bridgehead atoms. The Morgan fingerprint density at radius 3 is 1.50 bits per heavy atom. The summed E-state index contributed by atoms with van der Waals surface area (Å²) < 4.78 is 12.3. The van der Waals surface area contributed by atoms with E-state index in [1.807, 2.05) is 0 Å². The van der Waals surface area contributed by atoms with Crippen molar-refractivity contribution in [3.63, 3.8) is 0 Å². The van der Waals surface area contributed by atoms with Gasteiger partial charge in [0, 0.05) is 18.5 Å². The third kappa shape index (κ3) is 6.84. The predicted octanol–water partition coefficient (Wildman–Crippen LogP) is 5.14. The van der Waals surface area contributed by atoms with Crippen LogP contribution < -0.4 is 0 Å². The molecule has 0 aromatic rings. The average molecular weight is 353 g/mol. The van der Waals surface area contributed by atoms with Crippen LogP contribution in [0.25, 0.3) is 0 Å². The van der Waals surface area contributed by atoms with E-state index >= 15 is 0 Å². The molecule has 0 spiro atoms. The molecule has 0 saturated heterocycles. The monoisotopic (exact) mass is 352 g/mol. The maximum Gasteiger partial charge on any atom is 0.328 e. The molecule has 2 nitrogen and oxygen atoms in total. The molecule has 0 N–H and O–H groups in total. The van der Waals surface area contributed by atoms with Gasteiger partial charge in [-0.1, -0.05) is 52.6 Å². The topological polar surface area (TPSA) is 18.5 Å². The van der Waals surface area contributed by atoms with E-state index in [-0.39, 0.29) is 7.02 Å². The largest absolute Gasteiger partial charge is 0.396 e. The van der Waals surface area contributed by atoms with Gasteiger partial charge in [-0.15, -0.1) is 7.02 Å². The van der Waals surface area contributed by atoms with Gasteiger partial charge in [0.2, 0.25) is 0 Å². The normalized spacial score (nSPS) is 15.2. The minimum Gasteiger partial charge on any atom is -0.396 e. The highest BCUT2D eigenvalue weighted by atomic mass is 31.6. The van der Waals surface area contributed by atoms with Crippen molar-refractivity contribution >= 4 is 31.8 Å². The van der Waals surface area contributed by atoms with Crippen molar-refractivity contribution in [1.82, 2.24) is 0 Å². The Hall–Kier alpha value is 1.00. The van der Waals surface area contributed by atoms with E-state index in [0.29, 0.717) is 0 Å². The summed E-state index contributed by atoms with van der Waals surface area (Å²) in [6.07, 6.45) is 2.58. The van der Waals surface area contributed by atoms with Gasteiger partial charge in [-0.25, -0.2) is 0 Å². The second-order valence-corrected chi connectivity index (χ2v) is 32.5. The molecule has 20 heavy (non-hydrogen) atoms. The lowest BCUT2D eigenvalue weighted by Gasteiger charge is -2.46. The summed E-state index contributed by atoms with van der Waals surface area (Å²) in [5, 5.41) is 0.772. The Morgan fingerprint density at radius 2 is 1.25 bits per heavy atom. The summed E-state index contributed by atoms with van der Waals surface area (Å²) in [5.74, 6) is 0. The van der Waals surface area contributed by atoms with Crippen molar-refractivity contribution in [2.45, 2.75) is 78.2 Å². The standard InChI is InChI=1S/C14H37O2PSi3/c1-10-13-14(18(15-11-2)16-12-3)17(19(4,5)6)20(7,8)9/h14,18H,10-13H2,1-9H3. The maximum atomic E-state index is 6.15. The van der Waals surface area contributed by atoms with Crippen LogP contribution in [0.4, 0.5) is 0 Å². The van der Waals surface area contributed by atoms with Gasteiger partial charge in [0.15, 0.2) is 0 Å². The second kappa shape index (κ2) is 9.21. The SMILES string of the molecule is CCCC([SiH](OCC)OCC)P([Si](C)(C)C)[Si](C)(C)C. The smallest absolute Gasteiger partial charge is 0.328 e. The summed E-state index contributed by atoms with van der Waals surface area (Å²) >= 11 is 0. The van der Waals surface area contributed by atoms with E-state index in [1.54, 1.807) is 0 Å². The Kier molecular flexibility index (Phi) is 9.67. The fourth-order valence-corrected chi connectivity index (χ4v) is 52.2. The van der Waals surface area contributed by atoms with Gasteiger partial charge in [0.25, 0.3) is 0 Å². The van der Waals surface area contributed by atoms with E-state index in [2.05, 4.69) is 60.1 Å². The van der Waals surface area contributed by atoms with E-state index in [1.165, 1.54) is 12.8 Å². The van der Waals surface area contributed by atoms with Crippen LogP contribution in [-0.4, -0.2) is 43.3 Å². The van der Waals surface area contributed by atoms with Crippen molar-refractivity contribution in [3.8, 4) is 0 Å². The highest BCUT2D eigenvalue weighted by Gasteiger charge is 2.45. The summed E-state index contributed by atoms with van der Waals surface area (Å²) in [7, 11) is -3.69. The molecule has 1 atom stereocenters. The number of hydrogen-bond donors (Lipinski definition) is 0. The van der Waals surface area contributed by atoms with Crippen LogP contribution in [0.15, 0.2) is 0 Å². The molecule has 6 heteroatoms. The van der Waals surface area contributed by atoms with Crippen LogP contribution >= 0.6 is 7.02 Å². The summed E-state index contributed by atoms with van der Waals surface area (Å²) in [6.45, 7) is 23.6. The molecule has 1 unspecified atom stereocenters. The van der Waals surface area contributed by atoms with Gasteiger partial charge in [0.05, 0.1) is 15.5 Å².